The maximum atomic E-state index is 13.6. The lowest BCUT2D eigenvalue weighted by atomic mass is 9.77. The van der Waals surface area contributed by atoms with Crippen molar-refractivity contribution in [2.45, 2.75) is 174 Å². The predicted molar refractivity (Wildman–Crippen MR) is 435 cm³/mol. The van der Waals surface area contributed by atoms with E-state index >= 15 is 0 Å². The molecule has 28 nitrogen and oxygen atoms in total. The summed E-state index contributed by atoms with van der Waals surface area (Å²) in [4.78, 5) is 114. The lowest BCUT2D eigenvalue weighted by molar-refractivity contribution is -0.0316. The lowest BCUT2D eigenvalue weighted by Gasteiger charge is -2.49. The normalized spacial score (nSPS) is 22.9. The smallest absolute Gasteiger partial charge is 0.273 e. The molecule has 12 aromatic heterocycles. The summed E-state index contributed by atoms with van der Waals surface area (Å²) in [6.45, 7) is 16.7. The Balaban J connectivity index is 0.000000113. The molecule has 28 heteroatoms. The van der Waals surface area contributed by atoms with Crippen molar-refractivity contribution in [3.63, 3.8) is 0 Å². The van der Waals surface area contributed by atoms with Gasteiger partial charge in [0.15, 0.2) is 0 Å². The molecule has 20 heterocycles. The van der Waals surface area contributed by atoms with Gasteiger partial charge in [0, 0.05) is 99.5 Å². The minimum absolute atomic E-state index is 0.00493. The Kier molecular flexibility index (Phi) is 23.0. The van der Waals surface area contributed by atoms with Gasteiger partial charge in [0.25, 0.3) is 23.6 Å². The first kappa shape index (κ1) is 78.6. The van der Waals surface area contributed by atoms with Crippen molar-refractivity contribution in [3.8, 4) is 69.5 Å². The van der Waals surface area contributed by atoms with E-state index in [2.05, 4.69) is 59.8 Å². The molecule has 12 atom stereocenters. The zero-order valence-corrected chi connectivity index (χ0v) is 67.5. The van der Waals surface area contributed by atoms with Crippen LogP contribution in [0.3, 0.4) is 0 Å². The van der Waals surface area contributed by atoms with Crippen LogP contribution in [0.2, 0.25) is 0 Å². The summed E-state index contributed by atoms with van der Waals surface area (Å²) in [6, 6.07) is 26.6. The number of nitrogens with zero attached hydrogens (tertiary/aromatic N) is 16. The number of aryl methyl sites for hydroxylation is 7. The molecule has 4 saturated carbocycles. The Labute approximate surface area is 688 Å². The van der Waals surface area contributed by atoms with Crippen molar-refractivity contribution in [2.75, 3.05) is 26.2 Å². The molecule has 119 heavy (non-hydrogen) atoms. The Morgan fingerprint density at radius 1 is 0.345 bits per heavy atom. The van der Waals surface area contributed by atoms with Crippen LogP contribution < -0.4 is 18.9 Å². The average molecular weight is 1600 g/mol. The highest BCUT2D eigenvalue weighted by Crippen LogP contribution is 2.44. The number of amides is 4. The predicted octanol–water partition coefficient (Wildman–Crippen LogP) is 15.0. The van der Waals surface area contributed by atoms with E-state index in [9.17, 15) is 19.2 Å². The summed E-state index contributed by atoms with van der Waals surface area (Å²) >= 11 is 0. The highest BCUT2D eigenvalue weighted by atomic mass is 16.5. The molecule has 4 amide bonds. The van der Waals surface area contributed by atoms with Crippen molar-refractivity contribution < 1.29 is 55.8 Å². The van der Waals surface area contributed by atoms with Crippen LogP contribution in [0.5, 0.6) is 23.5 Å². The zero-order chi connectivity index (χ0) is 81.8. The van der Waals surface area contributed by atoms with Crippen LogP contribution in [-0.2, 0) is 0 Å². The number of carbonyl (C=O) groups is 4. The fourth-order valence-corrected chi connectivity index (χ4v) is 18.2. The minimum Gasteiger partial charge on any atom is -0.472 e. The molecular formula is C91H94N16O12. The van der Waals surface area contributed by atoms with Gasteiger partial charge in [-0.2, -0.15) is 0 Å². The third-order valence-corrected chi connectivity index (χ3v) is 24.0. The molecular weight excluding hydrogens is 1510 g/mol. The monoisotopic (exact) mass is 1600 g/mol. The second-order valence-corrected chi connectivity index (χ2v) is 32.5. The standard InChI is InChI=1S/3C23H24N4O3.C22H22N4O3/c1-14-3-8-20(25-12-14)30-19-11-16-5-7-18(19)27(13-16)23(28)21-17(6-4-15(2)26-21)22-24-9-10-29-22;1-14-3-6-20(25-11-14)30-19-10-16-4-5-18(19)27(13-16)23(28)17-9-15(2)12-26-21(17)22-24-7-8-29-22;1-14-3-6-19(26-12-14)30-18-11-16-4-5-17(18)27(13-16)23(28)21-20(15(2)7-8-24-21)22-25-9-10-29-22;1-14-4-7-19(25-12-14)29-18-11-15-5-6-17(18)26(13-15)22(27)20-16(3-2-8-23-20)21-24-9-10-28-21/h3-4,6,8-10,12,16,18-19H,5,7,11,13H2,1-2H3;3,6-9,11-12,16,18-19H,4-5,10,13H2,1-2H3;3,6-10,12,16-18H,4-5,11,13H2,1-2H3;2-4,7-10,12,15,17-18H,5-6,11,13H2,1H3. The maximum absolute atomic E-state index is 13.6. The van der Waals surface area contributed by atoms with E-state index in [-0.39, 0.29) is 72.2 Å². The second kappa shape index (κ2) is 34.7. The van der Waals surface area contributed by atoms with E-state index < -0.39 is 0 Å². The summed E-state index contributed by atoms with van der Waals surface area (Å²) in [7, 11) is 0. The molecule has 12 aromatic rings. The van der Waals surface area contributed by atoms with Crippen molar-refractivity contribution in [3.05, 3.63) is 240 Å². The molecule has 0 N–H and O–H groups in total. The minimum atomic E-state index is -0.0985. The Morgan fingerprint density at radius 2 is 0.723 bits per heavy atom. The molecule has 610 valence electrons. The second-order valence-electron chi connectivity index (χ2n) is 32.5. The van der Waals surface area contributed by atoms with Gasteiger partial charge in [-0.1, -0.05) is 24.3 Å². The molecule has 4 aliphatic carbocycles. The van der Waals surface area contributed by atoms with Crippen LogP contribution in [0.1, 0.15) is 158 Å². The molecule has 0 aromatic carbocycles. The van der Waals surface area contributed by atoms with Crippen molar-refractivity contribution in [2.24, 2.45) is 23.7 Å². The van der Waals surface area contributed by atoms with Gasteiger partial charge in [-0.25, -0.2) is 44.9 Å². The van der Waals surface area contributed by atoms with Crippen molar-refractivity contribution >= 4 is 23.6 Å². The SMILES string of the molecule is Cc1ccc(OC2CC3CCC2N(C(=O)c2cc(C)cnc2-c2ncco2)C3)nc1.Cc1ccc(OC2CC3CCC2N(C(=O)c2nc(C)ccc2-c2ncco2)C3)nc1.Cc1ccc(OC2CC3CCC2N(C(=O)c2nccc(C)c2-c2ncco2)C3)nc1.Cc1ccc(OC2CC3CCC2N(C(=O)c2ncccc2-c2ncco2)C3)nc1. The van der Waals surface area contributed by atoms with E-state index in [1.165, 1.54) is 25.1 Å². The molecule has 12 fully saturated rings. The fraction of sp³-hybridized carbons (Fsp3) is 0.385. The molecule has 8 saturated heterocycles. The number of ether oxygens (including phenoxy) is 4. The summed E-state index contributed by atoms with van der Waals surface area (Å²) in [5, 5.41) is 0. The molecule has 24 rings (SSSR count). The fourth-order valence-electron chi connectivity index (χ4n) is 18.2. The van der Waals surface area contributed by atoms with Crippen LogP contribution in [-0.4, -0.2) is 178 Å². The van der Waals surface area contributed by atoms with Gasteiger partial charge in [-0.15, -0.1) is 0 Å². The number of aromatic nitrogens is 12. The summed E-state index contributed by atoms with van der Waals surface area (Å²) in [5.41, 5.74) is 11.0. The first-order valence-corrected chi connectivity index (χ1v) is 41.0. The first-order valence-electron chi connectivity index (χ1n) is 41.0. The van der Waals surface area contributed by atoms with Crippen LogP contribution in [0.15, 0.2) is 196 Å². The third-order valence-electron chi connectivity index (χ3n) is 24.0. The zero-order valence-electron chi connectivity index (χ0n) is 67.5. The number of pyridine rings is 8. The molecule has 0 spiro atoms. The first-order chi connectivity index (χ1) is 57.9. The van der Waals surface area contributed by atoms with Gasteiger partial charge in [0.1, 0.15) is 72.2 Å². The van der Waals surface area contributed by atoms with Crippen molar-refractivity contribution in [1.82, 2.24) is 79.4 Å². The van der Waals surface area contributed by atoms with E-state index in [1.807, 2.05) is 147 Å². The number of hydrogen-bond acceptors (Lipinski definition) is 24. The summed E-state index contributed by atoms with van der Waals surface area (Å²) in [5.74, 6) is 5.40. The van der Waals surface area contributed by atoms with Crippen LogP contribution >= 0.6 is 0 Å². The van der Waals surface area contributed by atoms with Gasteiger partial charge >= 0.3 is 0 Å². The Bertz CT molecular complexity index is 5210. The van der Waals surface area contributed by atoms with E-state index in [4.69, 9.17) is 36.6 Å². The average Bonchev–Trinajstić information content (AvgIpc) is 1.38. The number of fused-ring (bicyclic) bond motifs is 12. The number of piperidine rings is 8. The third kappa shape index (κ3) is 17.3. The highest BCUT2D eigenvalue weighted by Gasteiger charge is 2.50. The number of carbonyl (C=O) groups excluding carboxylic acids is 4. The molecule has 8 bridgehead atoms. The molecule has 12 unspecified atom stereocenters. The Morgan fingerprint density at radius 3 is 1.13 bits per heavy atom. The maximum Gasteiger partial charge on any atom is 0.273 e. The summed E-state index contributed by atoms with van der Waals surface area (Å²) < 4.78 is 46.7. The van der Waals surface area contributed by atoms with Crippen LogP contribution in [0.25, 0.3) is 45.9 Å². The molecule has 12 aliphatic rings. The van der Waals surface area contributed by atoms with Crippen LogP contribution in [0.4, 0.5) is 0 Å². The lowest BCUT2D eigenvalue weighted by Crippen LogP contribution is -2.59. The molecule has 8 aliphatic heterocycles. The van der Waals surface area contributed by atoms with Gasteiger partial charge in [-0.3, -0.25) is 34.1 Å². The highest BCUT2D eigenvalue weighted by molar-refractivity contribution is 6.01. The van der Waals surface area contributed by atoms with Gasteiger partial charge in [0.05, 0.1) is 71.2 Å². The topological polar surface area (TPSA) is 325 Å². The quantitative estimate of drug-likeness (QED) is 0.0867. The van der Waals surface area contributed by atoms with Crippen LogP contribution in [0, 0.1) is 72.1 Å². The van der Waals surface area contributed by atoms with Crippen molar-refractivity contribution in [1.29, 1.82) is 0 Å². The summed E-state index contributed by atoms with van der Waals surface area (Å²) in [6.07, 6.45) is 36.2. The number of oxazole rings is 4. The number of hydrogen-bond donors (Lipinski definition) is 0. The largest absolute Gasteiger partial charge is 0.472 e. The molecule has 0 radical (unpaired) electrons. The Hall–Kier alpha value is -12.9. The van der Waals surface area contributed by atoms with Gasteiger partial charge < -0.3 is 56.2 Å². The van der Waals surface area contributed by atoms with E-state index in [0.717, 1.165) is 142 Å². The van der Waals surface area contributed by atoms with Gasteiger partial charge in [0.2, 0.25) is 47.1 Å². The van der Waals surface area contributed by atoms with E-state index in [1.54, 1.807) is 74.2 Å². The van der Waals surface area contributed by atoms with Gasteiger partial charge in [-0.05, 0) is 219 Å². The van der Waals surface area contributed by atoms with E-state index in [0.29, 0.717) is 116 Å². The number of rotatable bonds is 16.